The highest BCUT2D eigenvalue weighted by Gasteiger charge is 2.19. The van der Waals surface area contributed by atoms with Crippen molar-refractivity contribution < 1.29 is 4.92 Å². The fourth-order valence-corrected chi connectivity index (χ4v) is 1.65. The van der Waals surface area contributed by atoms with Gasteiger partial charge in [-0.25, -0.2) is 0 Å². The van der Waals surface area contributed by atoms with Gasteiger partial charge in [-0.15, -0.1) is 0 Å². The minimum atomic E-state index is -0.450. The summed E-state index contributed by atoms with van der Waals surface area (Å²) in [5, 5.41) is 11.3. The molecule has 18 heavy (non-hydrogen) atoms. The molecule has 0 heterocycles. The van der Waals surface area contributed by atoms with Crippen molar-refractivity contribution in [2.75, 3.05) is 44.9 Å². The van der Waals surface area contributed by atoms with Crippen molar-refractivity contribution >= 4 is 28.7 Å². The number of nitrogens with zero attached hydrogens (tertiary/aromatic N) is 3. The normalized spacial score (nSPS) is 10.7. The number of nitrogens with two attached hydrogens (primary N) is 1. The summed E-state index contributed by atoms with van der Waals surface area (Å²) in [6, 6.07) is 2.83. The summed E-state index contributed by atoms with van der Waals surface area (Å²) in [4.78, 5) is 14.3. The second kappa shape index (κ2) is 5.88. The number of hydrogen-bond acceptors (Lipinski definition) is 5. The largest absolute Gasteiger partial charge is 0.397 e. The zero-order valence-electron chi connectivity index (χ0n) is 10.7. The Morgan fingerprint density at radius 2 is 1.94 bits per heavy atom. The van der Waals surface area contributed by atoms with Crippen molar-refractivity contribution in [3.63, 3.8) is 0 Å². The molecule has 0 aliphatic heterocycles. The van der Waals surface area contributed by atoms with Crippen molar-refractivity contribution in [2.45, 2.75) is 0 Å². The van der Waals surface area contributed by atoms with Crippen LogP contribution in [0.5, 0.6) is 0 Å². The average Bonchev–Trinajstić information content (AvgIpc) is 2.28. The zero-order valence-corrected chi connectivity index (χ0v) is 11.4. The van der Waals surface area contributed by atoms with Crippen LogP contribution >= 0.6 is 11.6 Å². The summed E-state index contributed by atoms with van der Waals surface area (Å²) in [5.41, 5.74) is 6.25. The minimum absolute atomic E-state index is 0.0295. The van der Waals surface area contributed by atoms with E-state index >= 15 is 0 Å². The summed E-state index contributed by atoms with van der Waals surface area (Å²) >= 11 is 5.91. The summed E-state index contributed by atoms with van der Waals surface area (Å²) in [7, 11) is 5.68. The maximum Gasteiger partial charge on any atom is 0.294 e. The third-order valence-corrected chi connectivity index (χ3v) is 2.91. The Hall–Kier alpha value is -1.53. The van der Waals surface area contributed by atoms with Gasteiger partial charge >= 0.3 is 0 Å². The van der Waals surface area contributed by atoms with Gasteiger partial charge in [0.15, 0.2) is 0 Å². The number of anilines is 2. The Kier molecular flexibility index (Phi) is 4.75. The fraction of sp³-hybridized carbons (Fsp3) is 0.455. The van der Waals surface area contributed by atoms with Crippen LogP contribution < -0.4 is 10.6 Å². The van der Waals surface area contributed by atoms with Gasteiger partial charge in [0.1, 0.15) is 5.69 Å². The molecule has 0 aliphatic carbocycles. The lowest BCUT2D eigenvalue weighted by molar-refractivity contribution is -0.384. The van der Waals surface area contributed by atoms with E-state index in [-0.39, 0.29) is 11.4 Å². The molecule has 0 spiro atoms. The topological polar surface area (TPSA) is 75.6 Å². The zero-order chi connectivity index (χ0) is 13.9. The average molecular weight is 273 g/mol. The molecule has 1 aromatic rings. The maximum absolute atomic E-state index is 11.0. The lowest BCUT2D eigenvalue weighted by Gasteiger charge is -2.21. The van der Waals surface area contributed by atoms with Crippen LogP contribution in [0.3, 0.4) is 0 Å². The molecule has 0 bridgehead atoms. The van der Waals surface area contributed by atoms with Crippen LogP contribution in [0.1, 0.15) is 0 Å². The van der Waals surface area contributed by atoms with Gasteiger partial charge in [0.25, 0.3) is 5.69 Å². The summed E-state index contributed by atoms with van der Waals surface area (Å²) in [6.45, 7) is 1.45. The molecule has 0 fully saturated rings. The standard InChI is InChI=1S/C11H17ClN4O2/c1-14(2)4-5-15(3)10-6-8(12)9(13)7-11(10)16(17)18/h6-7H,4-5,13H2,1-3H3. The first kappa shape index (κ1) is 14.5. The van der Waals surface area contributed by atoms with Gasteiger partial charge in [0.05, 0.1) is 15.6 Å². The molecule has 0 saturated carbocycles. The Morgan fingerprint density at radius 1 is 1.33 bits per heavy atom. The number of rotatable bonds is 5. The van der Waals surface area contributed by atoms with Crippen molar-refractivity contribution in [1.29, 1.82) is 0 Å². The number of benzene rings is 1. The molecule has 0 saturated heterocycles. The molecule has 0 unspecified atom stereocenters. The number of nitro groups is 1. The van der Waals surface area contributed by atoms with E-state index in [4.69, 9.17) is 17.3 Å². The predicted octanol–water partition coefficient (Wildman–Crippen LogP) is 1.83. The van der Waals surface area contributed by atoms with E-state index in [2.05, 4.69) is 0 Å². The smallest absolute Gasteiger partial charge is 0.294 e. The van der Waals surface area contributed by atoms with Crippen LogP contribution in [0.2, 0.25) is 5.02 Å². The highest BCUT2D eigenvalue weighted by atomic mass is 35.5. The van der Waals surface area contributed by atoms with E-state index in [1.54, 1.807) is 11.9 Å². The molecule has 6 nitrogen and oxygen atoms in total. The van der Waals surface area contributed by atoms with E-state index in [0.29, 0.717) is 17.3 Å². The van der Waals surface area contributed by atoms with E-state index < -0.39 is 4.92 Å². The van der Waals surface area contributed by atoms with Crippen molar-refractivity contribution in [1.82, 2.24) is 4.90 Å². The van der Waals surface area contributed by atoms with Gasteiger partial charge in [0.2, 0.25) is 0 Å². The minimum Gasteiger partial charge on any atom is -0.397 e. The third kappa shape index (κ3) is 3.48. The summed E-state index contributed by atoms with van der Waals surface area (Å²) < 4.78 is 0. The number of halogens is 1. The van der Waals surface area contributed by atoms with Gasteiger partial charge in [-0.3, -0.25) is 10.1 Å². The number of nitro benzene ring substituents is 1. The lowest BCUT2D eigenvalue weighted by Crippen LogP contribution is -2.28. The summed E-state index contributed by atoms with van der Waals surface area (Å²) in [6.07, 6.45) is 0. The number of nitrogen functional groups attached to an aromatic ring is 1. The van der Waals surface area contributed by atoms with Gasteiger partial charge in [0, 0.05) is 26.2 Å². The van der Waals surface area contributed by atoms with E-state index in [0.717, 1.165) is 6.54 Å². The van der Waals surface area contributed by atoms with Crippen molar-refractivity contribution in [2.24, 2.45) is 0 Å². The van der Waals surface area contributed by atoms with Crippen LogP contribution in [0.15, 0.2) is 12.1 Å². The fourth-order valence-electron chi connectivity index (χ4n) is 1.49. The van der Waals surface area contributed by atoms with Gasteiger partial charge in [-0.1, -0.05) is 11.6 Å². The maximum atomic E-state index is 11.0. The Morgan fingerprint density at radius 3 is 2.44 bits per heavy atom. The number of likely N-dealkylation sites (N-methyl/N-ethyl adjacent to an activating group) is 2. The predicted molar refractivity (Wildman–Crippen MR) is 74.3 cm³/mol. The van der Waals surface area contributed by atoms with Gasteiger partial charge < -0.3 is 15.5 Å². The molecule has 1 aromatic carbocycles. The molecule has 2 N–H and O–H groups in total. The Labute approximate surface area is 111 Å². The third-order valence-electron chi connectivity index (χ3n) is 2.58. The van der Waals surface area contributed by atoms with Crippen molar-refractivity contribution in [3.05, 3.63) is 27.3 Å². The second-order valence-corrected chi connectivity index (χ2v) is 4.75. The molecule has 7 heteroatoms. The highest BCUT2D eigenvalue weighted by Crippen LogP contribution is 2.34. The number of hydrogen-bond donors (Lipinski definition) is 1. The molecule has 100 valence electrons. The monoisotopic (exact) mass is 272 g/mol. The van der Waals surface area contributed by atoms with E-state index in [9.17, 15) is 10.1 Å². The highest BCUT2D eigenvalue weighted by molar-refractivity contribution is 6.33. The molecule has 0 aliphatic rings. The van der Waals surface area contributed by atoms with Gasteiger partial charge in [-0.2, -0.15) is 0 Å². The van der Waals surface area contributed by atoms with Crippen LogP contribution in [0, 0.1) is 10.1 Å². The van der Waals surface area contributed by atoms with E-state index in [1.165, 1.54) is 12.1 Å². The van der Waals surface area contributed by atoms with Crippen LogP contribution in [-0.2, 0) is 0 Å². The van der Waals surface area contributed by atoms with Crippen LogP contribution in [0.4, 0.5) is 17.1 Å². The lowest BCUT2D eigenvalue weighted by atomic mass is 10.2. The first-order valence-corrected chi connectivity index (χ1v) is 5.80. The Bertz CT molecular complexity index is 451. The molecule has 0 atom stereocenters. The van der Waals surface area contributed by atoms with Crippen molar-refractivity contribution in [3.8, 4) is 0 Å². The molecule has 1 rings (SSSR count). The Balaban J connectivity index is 3.05. The second-order valence-electron chi connectivity index (χ2n) is 4.34. The van der Waals surface area contributed by atoms with Gasteiger partial charge in [-0.05, 0) is 20.2 Å². The quantitative estimate of drug-likeness (QED) is 0.503. The molecule has 0 radical (unpaired) electrons. The molecule has 0 amide bonds. The molecule has 0 aromatic heterocycles. The molecular formula is C11H17ClN4O2. The molecular weight excluding hydrogens is 256 g/mol. The van der Waals surface area contributed by atoms with Crippen LogP contribution in [-0.4, -0.2) is 44.1 Å². The SMILES string of the molecule is CN(C)CCN(C)c1cc(Cl)c(N)cc1[N+](=O)[O-]. The summed E-state index contributed by atoms with van der Waals surface area (Å²) in [5.74, 6) is 0. The van der Waals surface area contributed by atoms with Crippen LogP contribution in [0.25, 0.3) is 0 Å². The first-order valence-electron chi connectivity index (χ1n) is 5.42. The first-order chi connectivity index (χ1) is 8.32. The van der Waals surface area contributed by atoms with E-state index in [1.807, 2.05) is 19.0 Å².